The number of fused-ring (bicyclic) bond motifs is 1. The Bertz CT molecular complexity index is 745. The van der Waals surface area contributed by atoms with Gasteiger partial charge >= 0.3 is 0 Å². The summed E-state index contributed by atoms with van der Waals surface area (Å²) in [4.78, 5) is 37.1. The molecule has 1 saturated heterocycles. The maximum absolute atomic E-state index is 12.4. The van der Waals surface area contributed by atoms with Crippen molar-refractivity contribution in [1.82, 2.24) is 10.4 Å². The second-order valence-electron chi connectivity index (χ2n) is 5.78. The second-order valence-corrected chi connectivity index (χ2v) is 6.62. The zero-order chi connectivity index (χ0) is 16.7. The Morgan fingerprint density at radius 1 is 1.22 bits per heavy atom. The van der Waals surface area contributed by atoms with Crippen LogP contribution in [0.15, 0.2) is 29.8 Å². The molecular formula is C16H14Cl2N2O3. The first kappa shape index (κ1) is 16.0. The summed E-state index contributed by atoms with van der Waals surface area (Å²) in [5, 5.41) is 1.38. The lowest BCUT2D eigenvalue weighted by atomic mass is 9.82. The number of hydrogen-bond acceptors (Lipinski definition) is 3. The van der Waals surface area contributed by atoms with E-state index in [0.717, 1.165) is 10.6 Å². The number of benzene rings is 1. The molecule has 0 spiro atoms. The van der Waals surface area contributed by atoms with Crippen molar-refractivity contribution in [2.45, 2.75) is 19.8 Å². The van der Waals surface area contributed by atoms with Crippen LogP contribution in [0.5, 0.6) is 0 Å². The number of nitrogens with one attached hydrogen (secondary N) is 1. The summed E-state index contributed by atoms with van der Waals surface area (Å²) in [5.41, 5.74) is 3.61. The van der Waals surface area contributed by atoms with Gasteiger partial charge in [0.2, 0.25) is 0 Å². The Morgan fingerprint density at radius 3 is 2.61 bits per heavy atom. The number of carbonyl (C=O) groups excluding carboxylic acids is 3. The molecule has 1 N–H and O–H groups in total. The van der Waals surface area contributed by atoms with Crippen LogP contribution in [-0.2, 0) is 9.59 Å². The summed E-state index contributed by atoms with van der Waals surface area (Å²) in [6.45, 7) is 1.93. The number of allylic oxidation sites excluding steroid dienone is 2. The smallest absolute Gasteiger partial charge is 0.271 e. The summed E-state index contributed by atoms with van der Waals surface area (Å²) < 4.78 is 0. The van der Waals surface area contributed by atoms with Crippen molar-refractivity contribution < 1.29 is 14.4 Å². The van der Waals surface area contributed by atoms with Crippen molar-refractivity contribution in [2.24, 2.45) is 11.8 Å². The minimum Gasteiger partial charge on any atom is -0.272 e. The number of imide groups is 1. The highest BCUT2D eigenvalue weighted by atomic mass is 35.5. The SMILES string of the molecule is CC1=CC[C@@H]2C(=O)N(NC(=O)c3ccc(Cl)cc3Cl)C(=O)[C@@H]2C1. The lowest BCUT2D eigenvalue weighted by Crippen LogP contribution is -2.46. The highest BCUT2D eigenvalue weighted by Gasteiger charge is 2.49. The third-order valence-electron chi connectivity index (χ3n) is 4.21. The summed E-state index contributed by atoms with van der Waals surface area (Å²) in [5.74, 6) is -2.15. The molecule has 0 bridgehead atoms. The maximum Gasteiger partial charge on any atom is 0.271 e. The molecule has 1 aliphatic heterocycles. The van der Waals surface area contributed by atoms with Crippen molar-refractivity contribution in [3.05, 3.63) is 45.5 Å². The fourth-order valence-electron chi connectivity index (χ4n) is 2.98. The highest BCUT2D eigenvalue weighted by molar-refractivity contribution is 6.36. The van der Waals surface area contributed by atoms with Crippen molar-refractivity contribution in [1.29, 1.82) is 0 Å². The Hall–Kier alpha value is -1.85. The molecule has 120 valence electrons. The van der Waals surface area contributed by atoms with Crippen LogP contribution >= 0.6 is 23.2 Å². The van der Waals surface area contributed by atoms with E-state index >= 15 is 0 Å². The van der Waals surface area contributed by atoms with Gasteiger partial charge in [0.25, 0.3) is 17.7 Å². The van der Waals surface area contributed by atoms with Crippen LogP contribution in [0.1, 0.15) is 30.1 Å². The van der Waals surface area contributed by atoms with Gasteiger partial charge in [-0.15, -0.1) is 0 Å². The fourth-order valence-corrected chi connectivity index (χ4v) is 3.48. The standard InChI is InChI=1S/C16H14Cl2N2O3/c1-8-2-4-10-12(6-8)16(23)20(15(10)22)19-14(21)11-5-3-9(17)7-13(11)18/h2-3,5,7,10,12H,4,6H2,1H3,(H,19,21)/t10-,12+/m0/s1. The van der Waals surface area contributed by atoms with Gasteiger partial charge in [0.15, 0.2) is 0 Å². The topological polar surface area (TPSA) is 66.5 Å². The third-order valence-corrected chi connectivity index (χ3v) is 4.76. The van der Waals surface area contributed by atoms with E-state index in [-0.39, 0.29) is 22.4 Å². The number of hydrazine groups is 1. The van der Waals surface area contributed by atoms with Gasteiger partial charge in [-0.25, -0.2) is 0 Å². The predicted octanol–water partition coefficient (Wildman–Crippen LogP) is 2.98. The zero-order valence-electron chi connectivity index (χ0n) is 12.3. The summed E-state index contributed by atoms with van der Waals surface area (Å²) in [6, 6.07) is 4.39. The van der Waals surface area contributed by atoms with E-state index in [0.29, 0.717) is 17.9 Å². The molecule has 7 heteroatoms. The van der Waals surface area contributed by atoms with Gasteiger partial charge in [0, 0.05) is 5.02 Å². The van der Waals surface area contributed by atoms with Gasteiger partial charge in [-0.05, 0) is 38.0 Å². The molecule has 0 radical (unpaired) electrons. The van der Waals surface area contributed by atoms with Crippen LogP contribution < -0.4 is 5.43 Å². The monoisotopic (exact) mass is 352 g/mol. The number of hydrogen-bond donors (Lipinski definition) is 1. The van der Waals surface area contributed by atoms with E-state index in [9.17, 15) is 14.4 Å². The second kappa shape index (κ2) is 5.98. The van der Waals surface area contributed by atoms with Crippen LogP contribution in [0.4, 0.5) is 0 Å². The van der Waals surface area contributed by atoms with Gasteiger partial charge in [0.1, 0.15) is 0 Å². The molecule has 0 aromatic heterocycles. The molecule has 1 aromatic rings. The molecule has 1 heterocycles. The van der Waals surface area contributed by atoms with Gasteiger partial charge < -0.3 is 0 Å². The highest BCUT2D eigenvalue weighted by Crippen LogP contribution is 2.37. The van der Waals surface area contributed by atoms with Crippen molar-refractivity contribution in [2.75, 3.05) is 0 Å². The zero-order valence-corrected chi connectivity index (χ0v) is 13.8. The molecule has 1 aromatic carbocycles. The van der Waals surface area contributed by atoms with E-state index in [1.54, 1.807) is 0 Å². The number of halogens is 2. The van der Waals surface area contributed by atoms with Crippen LogP contribution in [0.25, 0.3) is 0 Å². The minimum atomic E-state index is -0.614. The summed E-state index contributed by atoms with van der Waals surface area (Å²) in [6.07, 6.45) is 3.03. The average molecular weight is 353 g/mol. The average Bonchev–Trinajstić information content (AvgIpc) is 2.72. The van der Waals surface area contributed by atoms with Gasteiger partial charge in [-0.1, -0.05) is 34.9 Å². The van der Waals surface area contributed by atoms with E-state index in [4.69, 9.17) is 23.2 Å². The lowest BCUT2D eigenvalue weighted by molar-refractivity contribution is -0.142. The van der Waals surface area contributed by atoms with Crippen LogP contribution in [0, 0.1) is 11.8 Å². The molecule has 1 aliphatic carbocycles. The number of rotatable bonds is 2. The first-order valence-electron chi connectivity index (χ1n) is 7.18. The van der Waals surface area contributed by atoms with Crippen molar-refractivity contribution in [3.8, 4) is 0 Å². The Morgan fingerprint density at radius 2 is 1.91 bits per heavy atom. The lowest BCUT2D eigenvalue weighted by Gasteiger charge is -2.18. The molecule has 3 rings (SSSR count). The van der Waals surface area contributed by atoms with E-state index in [2.05, 4.69) is 5.43 Å². The Kier molecular flexibility index (Phi) is 4.17. The first-order chi connectivity index (χ1) is 10.9. The van der Waals surface area contributed by atoms with Gasteiger partial charge in [-0.2, -0.15) is 5.01 Å². The number of carbonyl (C=O) groups is 3. The number of amides is 3. The molecule has 0 saturated carbocycles. The van der Waals surface area contributed by atoms with Crippen LogP contribution in [0.3, 0.4) is 0 Å². The summed E-state index contributed by atoms with van der Waals surface area (Å²) in [7, 11) is 0. The molecule has 5 nitrogen and oxygen atoms in total. The van der Waals surface area contributed by atoms with E-state index < -0.39 is 17.7 Å². The molecule has 23 heavy (non-hydrogen) atoms. The predicted molar refractivity (Wildman–Crippen MR) is 85.8 cm³/mol. The molecule has 2 aliphatic rings. The van der Waals surface area contributed by atoms with Crippen LogP contribution in [0.2, 0.25) is 10.0 Å². The molecule has 2 atom stereocenters. The Labute approximate surface area is 143 Å². The Balaban J connectivity index is 1.79. The van der Waals surface area contributed by atoms with Crippen molar-refractivity contribution >= 4 is 40.9 Å². The van der Waals surface area contributed by atoms with Gasteiger partial charge in [-0.3, -0.25) is 19.8 Å². The maximum atomic E-state index is 12.4. The number of nitrogens with zero attached hydrogens (tertiary/aromatic N) is 1. The summed E-state index contributed by atoms with van der Waals surface area (Å²) >= 11 is 11.8. The quantitative estimate of drug-likeness (QED) is 0.657. The fraction of sp³-hybridized carbons (Fsp3) is 0.312. The third kappa shape index (κ3) is 2.86. The van der Waals surface area contributed by atoms with Crippen LogP contribution in [-0.4, -0.2) is 22.7 Å². The molecule has 3 amide bonds. The van der Waals surface area contributed by atoms with Gasteiger partial charge in [0.05, 0.1) is 22.4 Å². The minimum absolute atomic E-state index is 0.154. The molecular weight excluding hydrogens is 339 g/mol. The van der Waals surface area contributed by atoms with E-state index in [1.807, 2.05) is 13.0 Å². The first-order valence-corrected chi connectivity index (χ1v) is 7.93. The molecule has 1 fully saturated rings. The van der Waals surface area contributed by atoms with Crippen molar-refractivity contribution in [3.63, 3.8) is 0 Å². The largest absolute Gasteiger partial charge is 0.272 e. The van der Waals surface area contributed by atoms with E-state index in [1.165, 1.54) is 18.2 Å². The molecule has 0 unspecified atom stereocenters. The normalized spacial score (nSPS) is 23.6.